The van der Waals surface area contributed by atoms with E-state index in [0.29, 0.717) is 99.6 Å². The molecule has 6 saturated heterocycles. The number of anilines is 2. The monoisotopic (exact) mass is 1020 g/mol. The highest BCUT2D eigenvalue weighted by atomic mass is 19.1. The number of aryl methyl sites for hydroxylation is 1. The first-order valence-corrected chi connectivity index (χ1v) is 27.4. The SMILES string of the molecule is O=C1CCC(N2Cc3cc(N4CCC(C5CCN(C(=O)OC[C@@H]6CC[C@]7(COc8nc9c%10c(nc(-c%11cc(O)cc%12ccccc%11%12)c(F)c%10n8)CC[C@H]8COCCCN98)CCCN67)CC5)CC4)ccc3C2=O)C(=O)N1. The molecule has 6 fully saturated rings. The second-order valence-corrected chi connectivity index (χ2v) is 22.3. The van der Waals surface area contributed by atoms with E-state index in [2.05, 4.69) is 26.1 Å². The molecule has 8 aliphatic rings. The quantitative estimate of drug-likeness (QED) is 0.142. The number of phenolic OH excluding ortho intramolecular Hbond substituents is 1. The first-order valence-electron chi connectivity index (χ1n) is 27.4. The average Bonchev–Trinajstić information content (AvgIpc) is 4.00. The van der Waals surface area contributed by atoms with Gasteiger partial charge in [-0.2, -0.15) is 9.97 Å². The maximum absolute atomic E-state index is 17.3. The smallest absolute Gasteiger partial charge is 0.409 e. The van der Waals surface area contributed by atoms with Gasteiger partial charge in [0.2, 0.25) is 11.8 Å². The summed E-state index contributed by atoms with van der Waals surface area (Å²) in [7, 11) is 0. The standard InChI is InChI=1S/C57H64FN9O8/c58-49-50(44-29-41(68)28-36-5-1-2-6-42(36)44)59-45-10-8-39-31-73-26-4-20-65(39)52-48(45)51(49)61-55(62-52)75-33-57-18-3-21-67(57)40(13-19-57)32-74-56(72)64-24-16-35(17-25-64)34-14-22-63(23-15-34)38-7-9-43-37(27-38)30-66(54(43)71)46-11-12-47(69)60-53(46)70/h1-2,5-7,9,27-29,34-35,39-40,46,68H,3-4,8,10-26,30-33H2,(H,60,69,70)/t39-,40-,46?,57-/m0/s1. The maximum atomic E-state index is 17.3. The van der Waals surface area contributed by atoms with Crippen LogP contribution in [0.15, 0.2) is 54.6 Å². The number of likely N-dealkylation sites (tertiary alicyclic amines) is 1. The second-order valence-electron chi connectivity index (χ2n) is 22.3. The Bertz CT molecular complexity index is 3110. The number of carbonyl (C=O) groups is 4. The van der Waals surface area contributed by atoms with Crippen LogP contribution in [0.4, 0.5) is 20.7 Å². The number of aromatic hydroxyl groups is 1. The lowest BCUT2D eigenvalue weighted by atomic mass is 9.79. The average molecular weight is 1020 g/mol. The Labute approximate surface area is 434 Å². The third-order valence-electron chi connectivity index (χ3n) is 18.1. The van der Waals surface area contributed by atoms with Crippen molar-refractivity contribution in [3.05, 3.63) is 77.2 Å². The van der Waals surface area contributed by atoms with Crippen molar-refractivity contribution in [1.29, 1.82) is 0 Å². The van der Waals surface area contributed by atoms with Crippen molar-refractivity contribution >= 4 is 57.0 Å². The van der Waals surface area contributed by atoms with Crippen LogP contribution in [-0.2, 0) is 32.0 Å². The van der Waals surface area contributed by atoms with Crippen LogP contribution in [0.3, 0.4) is 0 Å². The molecule has 2 N–H and O–H groups in total. The zero-order chi connectivity index (χ0) is 51.0. The Morgan fingerprint density at radius 3 is 2.51 bits per heavy atom. The second kappa shape index (κ2) is 19.5. The molecule has 3 aromatic carbocycles. The number of carbonyl (C=O) groups excluding carboxylic acids is 4. The summed E-state index contributed by atoms with van der Waals surface area (Å²) in [6.07, 6.45) is 10.2. The van der Waals surface area contributed by atoms with E-state index >= 15 is 4.39 Å². The number of phenols is 1. The molecule has 4 atom stereocenters. The third-order valence-corrected chi connectivity index (χ3v) is 18.1. The van der Waals surface area contributed by atoms with Gasteiger partial charge >= 0.3 is 12.1 Å². The number of rotatable bonds is 9. The van der Waals surface area contributed by atoms with Gasteiger partial charge in [0.05, 0.1) is 29.3 Å². The molecule has 1 unspecified atom stereocenters. The van der Waals surface area contributed by atoms with Gasteiger partial charge in [0.15, 0.2) is 5.82 Å². The summed E-state index contributed by atoms with van der Waals surface area (Å²) in [6, 6.07) is 16.4. The molecule has 10 heterocycles. The largest absolute Gasteiger partial charge is 0.508 e. The number of imide groups is 1. The summed E-state index contributed by atoms with van der Waals surface area (Å²) in [5, 5.41) is 15.3. The highest BCUT2D eigenvalue weighted by Crippen LogP contribution is 2.45. The third kappa shape index (κ3) is 8.74. The first-order chi connectivity index (χ1) is 36.6. The van der Waals surface area contributed by atoms with Gasteiger partial charge in [-0.1, -0.05) is 24.3 Å². The van der Waals surface area contributed by atoms with Gasteiger partial charge in [0, 0.05) is 75.2 Å². The summed E-state index contributed by atoms with van der Waals surface area (Å²) in [5.74, 6) is 0.356. The molecule has 5 aromatic rings. The molecular formula is C57H64FN9O8. The lowest BCUT2D eigenvalue weighted by Gasteiger charge is -2.40. The Hall–Kier alpha value is -6.66. The highest BCUT2D eigenvalue weighted by molar-refractivity contribution is 6.06. The molecule has 392 valence electrons. The molecular weight excluding hydrogens is 958 g/mol. The number of halogens is 1. The summed E-state index contributed by atoms with van der Waals surface area (Å²) < 4.78 is 36.1. The van der Waals surface area contributed by atoms with E-state index in [1.54, 1.807) is 17.0 Å². The number of ether oxygens (including phenoxy) is 3. The number of fused-ring (bicyclic) bond motifs is 5. The van der Waals surface area contributed by atoms with Gasteiger partial charge in [-0.3, -0.25) is 24.6 Å². The minimum absolute atomic E-state index is 0.0300. The highest BCUT2D eigenvalue weighted by Gasteiger charge is 2.50. The summed E-state index contributed by atoms with van der Waals surface area (Å²) in [4.78, 5) is 76.7. The number of amides is 4. The zero-order valence-electron chi connectivity index (χ0n) is 42.3. The molecule has 17 nitrogen and oxygen atoms in total. The summed E-state index contributed by atoms with van der Waals surface area (Å²) in [5.41, 5.74) is 3.87. The van der Waals surface area contributed by atoms with Gasteiger partial charge in [-0.15, -0.1) is 0 Å². The van der Waals surface area contributed by atoms with E-state index in [-0.39, 0.29) is 64.9 Å². The fourth-order valence-corrected chi connectivity index (χ4v) is 14.2. The van der Waals surface area contributed by atoms with Crippen molar-refractivity contribution in [3.8, 4) is 23.0 Å². The van der Waals surface area contributed by atoms with Crippen molar-refractivity contribution in [2.45, 2.75) is 114 Å². The molecule has 0 radical (unpaired) electrons. The van der Waals surface area contributed by atoms with E-state index in [1.807, 2.05) is 41.3 Å². The molecule has 75 heavy (non-hydrogen) atoms. The van der Waals surface area contributed by atoms with Crippen molar-refractivity contribution in [2.24, 2.45) is 11.8 Å². The first kappa shape index (κ1) is 48.0. The lowest BCUT2D eigenvalue weighted by molar-refractivity contribution is -0.136. The molecule has 13 rings (SSSR count). The predicted molar refractivity (Wildman–Crippen MR) is 277 cm³/mol. The Morgan fingerprint density at radius 2 is 1.67 bits per heavy atom. The lowest BCUT2D eigenvalue weighted by Crippen LogP contribution is -2.52. The Kier molecular flexibility index (Phi) is 12.5. The van der Waals surface area contributed by atoms with Crippen molar-refractivity contribution < 1.29 is 42.9 Å². The Balaban J connectivity index is 0.633. The summed E-state index contributed by atoms with van der Waals surface area (Å²) in [6.45, 7) is 6.96. The van der Waals surface area contributed by atoms with Gasteiger partial charge in [0.1, 0.15) is 42.0 Å². The van der Waals surface area contributed by atoms with Crippen LogP contribution < -0.4 is 19.9 Å². The van der Waals surface area contributed by atoms with Crippen molar-refractivity contribution in [3.63, 3.8) is 0 Å². The normalized spacial score (nSPS) is 25.6. The van der Waals surface area contributed by atoms with Crippen LogP contribution in [0.5, 0.6) is 11.8 Å². The number of nitrogens with one attached hydrogen (secondary N) is 1. The molecule has 0 saturated carbocycles. The van der Waals surface area contributed by atoms with Crippen LogP contribution >= 0.6 is 0 Å². The van der Waals surface area contributed by atoms with Crippen LogP contribution in [-0.4, -0.2) is 148 Å². The van der Waals surface area contributed by atoms with E-state index in [0.717, 1.165) is 112 Å². The van der Waals surface area contributed by atoms with E-state index in [1.165, 1.54) is 0 Å². The molecule has 0 spiro atoms. The minimum Gasteiger partial charge on any atom is -0.508 e. The number of hydrogen-bond donors (Lipinski definition) is 2. The van der Waals surface area contributed by atoms with E-state index < -0.39 is 17.8 Å². The number of pyridine rings is 1. The summed E-state index contributed by atoms with van der Waals surface area (Å²) >= 11 is 0. The molecule has 0 aliphatic carbocycles. The molecule has 18 heteroatoms. The number of aromatic nitrogens is 3. The molecule has 4 amide bonds. The van der Waals surface area contributed by atoms with Crippen LogP contribution in [0, 0.1) is 17.7 Å². The molecule has 2 aromatic heterocycles. The fourth-order valence-electron chi connectivity index (χ4n) is 14.2. The van der Waals surface area contributed by atoms with Crippen LogP contribution in [0.1, 0.15) is 98.7 Å². The van der Waals surface area contributed by atoms with Crippen molar-refractivity contribution in [1.82, 2.24) is 35.0 Å². The number of benzene rings is 3. The van der Waals surface area contributed by atoms with Gasteiger partial charge in [-0.05, 0) is 142 Å². The van der Waals surface area contributed by atoms with E-state index in [4.69, 9.17) is 29.2 Å². The predicted octanol–water partition coefficient (Wildman–Crippen LogP) is 7.13. The zero-order valence-corrected chi connectivity index (χ0v) is 42.3. The maximum Gasteiger partial charge on any atom is 0.409 e. The molecule has 0 bridgehead atoms. The molecule has 8 aliphatic heterocycles. The number of hydrogen-bond acceptors (Lipinski definition) is 14. The van der Waals surface area contributed by atoms with E-state index in [9.17, 15) is 24.3 Å². The van der Waals surface area contributed by atoms with Gasteiger partial charge < -0.3 is 38.9 Å². The van der Waals surface area contributed by atoms with Gasteiger partial charge in [0.25, 0.3) is 5.91 Å². The number of nitrogens with zero attached hydrogens (tertiary/aromatic N) is 8. The van der Waals surface area contributed by atoms with Crippen LogP contribution in [0.25, 0.3) is 32.9 Å². The Morgan fingerprint density at radius 1 is 0.840 bits per heavy atom. The fraction of sp³-hybridized carbons (Fsp3) is 0.526. The topological polar surface area (TPSA) is 183 Å². The van der Waals surface area contributed by atoms with Crippen LogP contribution in [0.2, 0.25) is 0 Å². The minimum atomic E-state index is -0.624. The van der Waals surface area contributed by atoms with Crippen molar-refractivity contribution in [2.75, 3.05) is 75.5 Å². The number of piperidine rings is 3. The van der Waals surface area contributed by atoms with Gasteiger partial charge in [-0.25, -0.2) is 14.2 Å².